The Kier molecular flexibility index (Phi) is 3.63. The third-order valence-electron chi connectivity index (χ3n) is 5.64. The fraction of sp³-hybridized carbons (Fsp3) is 0.500. The molecule has 0 unspecified atom stereocenters. The highest BCUT2D eigenvalue weighted by molar-refractivity contribution is 5.92. The molecule has 9 nitrogen and oxygen atoms in total. The molecule has 27 heavy (non-hydrogen) atoms. The van der Waals surface area contributed by atoms with Crippen LogP contribution >= 0.6 is 0 Å². The number of likely N-dealkylation sites (N-methyl/N-ethyl adjacent to an activating group) is 1. The Morgan fingerprint density at radius 1 is 1.26 bits per heavy atom. The minimum absolute atomic E-state index is 0.119. The van der Waals surface area contributed by atoms with Crippen LogP contribution in [0, 0.1) is 6.92 Å². The molecule has 2 fully saturated rings. The lowest BCUT2D eigenvalue weighted by Crippen LogP contribution is -2.60. The van der Waals surface area contributed by atoms with Gasteiger partial charge in [-0.05, 0) is 25.0 Å². The highest BCUT2D eigenvalue weighted by Gasteiger charge is 2.35. The Bertz CT molecular complexity index is 1000. The van der Waals surface area contributed by atoms with Gasteiger partial charge in [-0.3, -0.25) is 4.79 Å². The lowest BCUT2D eigenvalue weighted by Gasteiger charge is -2.44. The van der Waals surface area contributed by atoms with E-state index in [2.05, 4.69) is 20.1 Å². The van der Waals surface area contributed by atoms with E-state index in [9.17, 15) is 4.79 Å². The summed E-state index contributed by atoms with van der Waals surface area (Å²) in [6, 6.07) is 4.05. The second-order valence-electron chi connectivity index (χ2n) is 7.37. The van der Waals surface area contributed by atoms with E-state index >= 15 is 0 Å². The van der Waals surface area contributed by atoms with Gasteiger partial charge in [0.1, 0.15) is 12.1 Å². The van der Waals surface area contributed by atoms with Crippen LogP contribution in [0.15, 0.2) is 22.8 Å². The minimum Gasteiger partial charge on any atom is -0.448 e. The van der Waals surface area contributed by atoms with Crippen LogP contribution < -0.4 is 4.90 Å². The van der Waals surface area contributed by atoms with E-state index in [1.165, 1.54) is 12.7 Å². The van der Waals surface area contributed by atoms with Crippen LogP contribution in [0.3, 0.4) is 0 Å². The summed E-state index contributed by atoms with van der Waals surface area (Å²) >= 11 is 0. The number of nitrogens with zero attached hydrogens (tertiary/aromatic N) is 7. The molecule has 2 aliphatic rings. The van der Waals surface area contributed by atoms with Crippen molar-refractivity contribution in [1.82, 2.24) is 29.7 Å². The molecule has 0 radical (unpaired) electrons. The zero-order chi connectivity index (χ0) is 18.5. The molecule has 0 aromatic carbocycles. The Balaban J connectivity index is 1.29. The number of carbonyl (C=O) groups is 1. The third kappa shape index (κ3) is 2.65. The molecule has 0 bridgehead atoms. The highest BCUT2D eigenvalue weighted by atomic mass is 16.3. The van der Waals surface area contributed by atoms with Crippen LogP contribution in [0.4, 0.5) is 5.82 Å². The van der Waals surface area contributed by atoms with Crippen LogP contribution in [-0.2, 0) is 0 Å². The maximum Gasteiger partial charge on any atom is 0.275 e. The van der Waals surface area contributed by atoms with Crippen molar-refractivity contribution in [3.8, 4) is 0 Å². The average molecular weight is 367 g/mol. The van der Waals surface area contributed by atoms with Crippen LogP contribution in [0.25, 0.3) is 5.65 Å². The van der Waals surface area contributed by atoms with Gasteiger partial charge in [0.05, 0.1) is 6.04 Å². The Morgan fingerprint density at radius 2 is 2.07 bits per heavy atom. The van der Waals surface area contributed by atoms with Gasteiger partial charge in [-0.15, -0.1) is 15.3 Å². The molecular formula is C18H21N7O2. The quantitative estimate of drug-likeness (QED) is 0.692. The summed E-state index contributed by atoms with van der Waals surface area (Å²) in [5.74, 6) is 2.70. The lowest BCUT2D eigenvalue weighted by atomic mass is 9.85. The number of fused-ring (bicyclic) bond motifs is 1. The maximum absolute atomic E-state index is 12.5. The predicted octanol–water partition coefficient (Wildman–Crippen LogP) is 1.65. The van der Waals surface area contributed by atoms with E-state index in [1.54, 1.807) is 18.9 Å². The minimum atomic E-state index is -0.119. The van der Waals surface area contributed by atoms with Gasteiger partial charge in [0.25, 0.3) is 5.91 Å². The molecule has 9 heteroatoms. The molecule has 4 heterocycles. The van der Waals surface area contributed by atoms with E-state index in [0.29, 0.717) is 17.5 Å². The van der Waals surface area contributed by atoms with Gasteiger partial charge in [0, 0.05) is 33.0 Å². The summed E-state index contributed by atoms with van der Waals surface area (Å²) in [5, 5.41) is 13.3. The van der Waals surface area contributed by atoms with Crippen molar-refractivity contribution < 1.29 is 9.21 Å². The molecule has 1 amide bonds. The first-order valence-corrected chi connectivity index (χ1v) is 9.27. The Hall–Kier alpha value is -2.97. The van der Waals surface area contributed by atoms with E-state index in [4.69, 9.17) is 9.52 Å². The van der Waals surface area contributed by atoms with Crippen molar-refractivity contribution in [3.05, 3.63) is 35.8 Å². The van der Waals surface area contributed by atoms with Crippen LogP contribution in [0.5, 0.6) is 0 Å². The van der Waals surface area contributed by atoms with Crippen LogP contribution in [-0.4, -0.2) is 61.8 Å². The second-order valence-corrected chi connectivity index (χ2v) is 7.37. The molecule has 0 N–H and O–H groups in total. The Morgan fingerprint density at radius 3 is 2.74 bits per heavy atom. The van der Waals surface area contributed by atoms with Crippen LogP contribution in [0.1, 0.15) is 47.4 Å². The number of rotatable bonds is 4. The summed E-state index contributed by atoms with van der Waals surface area (Å²) in [6.45, 7) is 3.20. The molecule has 5 rings (SSSR count). The largest absolute Gasteiger partial charge is 0.448 e. The summed E-state index contributed by atoms with van der Waals surface area (Å²) in [7, 11) is 1.81. The van der Waals surface area contributed by atoms with Gasteiger partial charge >= 0.3 is 0 Å². The van der Waals surface area contributed by atoms with Gasteiger partial charge in [-0.1, -0.05) is 6.42 Å². The lowest BCUT2D eigenvalue weighted by molar-refractivity contribution is 0.0699. The van der Waals surface area contributed by atoms with E-state index in [1.807, 2.05) is 16.6 Å². The normalized spacial score (nSPS) is 17.8. The summed E-state index contributed by atoms with van der Waals surface area (Å²) in [6.07, 6.45) is 4.98. The van der Waals surface area contributed by atoms with Crippen molar-refractivity contribution in [1.29, 1.82) is 0 Å². The molecule has 1 saturated carbocycles. The standard InChI is InChI=1S/C18H21N7O2/c1-11-19-14(10-27-11)18(26)23(2)13-8-24(9-13)16-7-6-15-20-21-17(25(15)22-16)12-4-3-5-12/h6-7,10,12-13H,3-5,8-9H2,1-2H3. The van der Waals surface area contributed by atoms with Crippen molar-refractivity contribution in [2.75, 3.05) is 25.0 Å². The number of anilines is 1. The van der Waals surface area contributed by atoms with E-state index < -0.39 is 0 Å². The number of aryl methyl sites for hydroxylation is 1. The van der Waals surface area contributed by atoms with Crippen molar-refractivity contribution in [3.63, 3.8) is 0 Å². The number of carbonyl (C=O) groups excluding carboxylic acids is 1. The molecule has 3 aromatic heterocycles. The van der Waals surface area contributed by atoms with Gasteiger partial charge < -0.3 is 14.2 Å². The zero-order valence-electron chi connectivity index (χ0n) is 15.4. The molecular weight excluding hydrogens is 346 g/mol. The molecule has 0 spiro atoms. The third-order valence-corrected chi connectivity index (χ3v) is 5.64. The van der Waals surface area contributed by atoms with E-state index in [0.717, 1.165) is 43.2 Å². The topological polar surface area (TPSA) is 92.7 Å². The Labute approximate surface area is 156 Å². The number of hydrogen-bond acceptors (Lipinski definition) is 7. The summed E-state index contributed by atoms with van der Waals surface area (Å²) in [5.41, 5.74) is 1.13. The van der Waals surface area contributed by atoms with E-state index in [-0.39, 0.29) is 11.9 Å². The van der Waals surface area contributed by atoms with Gasteiger partial charge in [0.15, 0.2) is 23.1 Å². The average Bonchev–Trinajstić information content (AvgIpc) is 3.18. The number of amides is 1. The number of aromatic nitrogens is 5. The fourth-order valence-corrected chi connectivity index (χ4v) is 3.58. The highest BCUT2D eigenvalue weighted by Crippen LogP contribution is 2.35. The number of oxazole rings is 1. The SMILES string of the molecule is Cc1nc(C(=O)N(C)C2CN(c3ccc4nnc(C5CCC5)n4n3)C2)co1. The first-order chi connectivity index (χ1) is 13.1. The molecule has 1 saturated heterocycles. The van der Waals surface area contributed by atoms with Crippen LogP contribution in [0.2, 0.25) is 0 Å². The monoisotopic (exact) mass is 367 g/mol. The summed E-state index contributed by atoms with van der Waals surface area (Å²) in [4.78, 5) is 20.5. The number of hydrogen-bond donors (Lipinski definition) is 0. The van der Waals surface area contributed by atoms with Crippen molar-refractivity contribution in [2.45, 2.75) is 38.1 Å². The zero-order valence-corrected chi connectivity index (χ0v) is 15.4. The van der Waals surface area contributed by atoms with Gasteiger partial charge in [-0.25, -0.2) is 4.98 Å². The van der Waals surface area contributed by atoms with Gasteiger partial charge in [-0.2, -0.15) is 4.52 Å². The molecule has 140 valence electrons. The van der Waals surface area contributed by atoms with Gasteiger partial charge in [0.2, 0.25) is 0 Å². The van der Waals surface area contributed by atoms with Crippen molar-refractivity contribution in [2.24, 2.45) is 0 Å². The maximum atomic E-state index is 12.5. The molecule has 1 aliphatic carbocycles. The molecule has 0 atom stereocenters. The molecule has 3 aromatic rings. The smallest absolute Gasteiger partial charge is 0.275 e. The summed E-state index contributed by atoms with van der Waals surface area (Å²) < 4.78 is 7.02. The second kappa shape index (κ2) is 6.04. The first-order valence-electron chi connectivity index (χ1n) is 9.27. The fourth-order valence-electron chi connectivity index (χ4n) is 3.58. The molecule has 1 aliphatic heterocycles. The van der Waals surface area contributed by atoms with Crippen molar-refractivity contribution >= 4 is 17.4 Å². The first kappa shape index (κ1) is 16.2. The predicted molar refractivity (Wildman–Crippen MR) is 96.7 cm³/mol.